The van der Waals surface area contributed by atoms with Crippen molar-refractivity contribution in [3.63, 3.8) is 0 Å². The van der Waals surface area contributed by atoms with Gasteiger partial charge in [-0.3, -0.25) is 0 Å². The Kier molecular flexibility index (Phi) is 13.0. The molecule has 0 aromatic heterocycles. The molecule has 0 saturated carbocycles. The first-order valence-corrected chi connectivity index (χ1v) is 22.6. The van der Waals surface area contributed by atoms with Crippen LogP contribution in [0.15, 0.2) is 0 Å². The average Bonchev–Trinajstić information content (AvgIpc) is 0.650. The summed E-state index contributed by atoms with van der Waals surface area (Å²) in [4.78, 5) is 0. The second-order valence-corrected chi connectivity index (χ2v) is 115. The van der Waals surface area contributed by atoms with Gasteiger partial charge in [-0.25, -0.2) is 0 Å². The van der Waals surface area contributed by atoms with Gasteiger partial charge in [-0.15, -0.1) is 0 Å². The van der Waals surface area contributed by atoms with E-state index in [9.17, 15) is 0 Å². The van der Waals surface area contributed by atoms with Crippen LogP contribution in [0.5, 0.6) is 0 Å². The largest absolute Gasteiger partial charge is 0 e. The van der Waals surface area contributed by atoms with Crippen LogP contribution in [0.25, 0.3) is 0 Å². The van der Waals surface area contributed by atoms with Crippen LogP contribution in [0.2, 0.25) is 0 Å². The molecule has 0 spiro atoms. The predicted octanol–water partition coefficient (Wildman–Crippen LogP) is 4.05. The molecule has 0 unspecified atom stereocenters. The maximum absolute atomic E-state index is 2.51. The summed E-state index contributed by atoms with van der Waals surface area (Å²) in [7, 11) is 0. The molecule has 47 valence electrons. The maximum atomic E-state index is 2.51. The molecule has 0 aliphatic rings. The van der Waals surface area contributed by atoms with E-state index in [-0.39, 0.29) is 58.2 Å². The molecule has 1 radical (unpaired) electrons. The zero-order valence-corrected chi connectivity index (χ0v) is 20.4. The fraction of sp³-hybridized carbons (Fsp3) is 0. The molecule has 0 N–H and O–H groups in total. The summed E-state index contributed by atoms with van der Waals surface area (Å²) < 4.78 is -1.41. The van der Waals surface area contributed by atoms with Crippen LogP contribution < -0.4 is 0 Å². The molecule has 0 aromatic carbocycles. The summed E-state index contributed by atoms with van der Waals surface area (Å²) in [5.41, 5.74) is 0. The molecule has 0 heterocycles. The Balaban J connectivity index is 0. The van der Waals surface area contributed by atoms with Crippen LogP contribution >= 0.6 is 95.1 Å². The van der Waals surface area contributed by atoms with E-state index in [0.29, 0.717) is 0 Å². The van der Waals surface area contributed by atoms with E-state index in [0.717, 1.165) is 0 Å². The van der Waals surface area contributed by atoms with Gasteiger partial charge >= 0.3 is 91.8 Å². The second-order valence-electron chi connectivity index (χ2n) is 0.431. The van der Waals surface area contributed by atoms with Gasteiger partial charge < -0.3 is 0 Å². The monoisotopic (exact) mass is 826 g/mol. The first kappa shape index (κ1) is 15.7. The van der Waals surface area contributed by atoms with E-state index >= 15 is 0 Å². The molecular formula is AgI5Rb. The van der Waals surface area contributed by atoms with Crippen molar-refractivity contribution in [2.45, 2.75) is 0 Å². The third-order valence-corrected chi connectivity index (χ3v) is 0. The van der Waals surface area contributed by atoms with E-state index in [1.54, 1.807) is 0 Å². The molecule has 0 rings (SSSR count). The summed E-state index contributed by atoms with van der Waals surface area (Å²) in [5.74, 6) is 0. The molecule has 0 aromatic rings. The Morgan fingerprint density at radius 3 is 0.714 bits per heavy atom. The van der Waals surface area contributed by atoms with Crippen LogP contribution in [0.3, 0.4) is 0 Å². The molecular weight excluding hydrogens is 828 g/mol. The molecule has 0 saturated heterocycles. The number of rotatable bonds is 0. The summed E-state index contributed by atoms with van der Waals surface area (Å²) in [6, 6.07) is 0. The van der Waals surface area contributed by atoms with Crippen LogP contribution in [0.4, 0.5) is 0 Å². The fourth-order valence-electron chi connectivity index (χ4n) is 0. The Labute approximate surface area is 144 Å². The van der Waals surface area contributed by atoms with E-state index in [4.69, 9.17) is 0 Å². The quantitative estimate of drug-likeness (QED) is 0.256. The van der Waals surface area contributed by atoms with Crippen LogP contribution in [0.1, 0.15) is 0 Å². The van der Waals surface area contributed by atoms with Gasteiger partial charge in [-0.2, -0.15) is 0 Å². The van der Waals surface area contributed by atoms with Gasteiger partial charge in [0.1, 0.15) is 0 Å². The van der Waals surface area contributed by atoms with Gasteiger partial charge in [0.15, 0.2) is 0 Å². The fourth-order valence-corrected chi connectivity index (χ4v) is 0. The Morgan fingerprint density at radius 2 is 0.714 bits per heavy atom. The number of hydrogen-bond donors (Lipinski definition) is 0. The van der Waals surface area contributed by atoms with Crippen LogP contribution in [0, 0.1) is 0 Å². The smallest absolute Gasteiger partial charge is 0 e. The third kappa shape index (κ3) is 33.0. The zero-order valence-electron chi connectivity index (χ0n) is 3.19. The van der Waals surface area contributed by atoms with Gasteiger partial charge in [-0.05, 0) is 0 Å². The van der Waals surface area contributed by atoms with Gasteiger partial charge in [0.2, 0.25) is 0 Å². The first-order valence-electron chi connectivity index (χ1n) is 0.570. The molecule has 0 bridgehead atoms. The van der Waals surface area contributed by atoms with Crippen molar-refractivity contribution < 1.29 is -3.26 Å². The van der Waals surface area contributed by atoms with Crippen molar-refractivity contribution in [2.24, 2.45) is 0 Å². The Bertz CT molecular complexity index is 41.3. The topological polar surface area (TPSA) is 0 Å². The van der Waals surface area contributed by atoms with Gasteiger partial charge in [0, 0.05) is 58.2 Å². The Morgan fingerprint density at radius 1 is 0.714 bits per heavy atom. The summed E-state index contributed by atoms with van der Waals surface area (Å²) in [6.07, 6.45) is 0. The molecule has 0 atom stereocenters. The van der Waals surface area contributed by atoms with E-state index in [1.165, 1.54) is 0 Å². The number of hydrogen-bond acceptors (Lipinski definition) is 0. The maximum Gasteiger partial charge on any atom is 0 e. The molecule has 0 aliphatic heterocycles. The summed E-state index contributed by atoms with van der Waals surface area (Å²) in [6.45, 7) is 0. The van der Waals surface area contributed by atoms with Gasteiger partial charge in [0.25, 0.3) is 0 Å². The SMILES string of the molecule is [I][Ag]([I])([I])([I])[I].[Rb]. The molecule has 0 aliphatic carbocycles. The first-order chi connectivity index (χ1) is 2.24. The van der Waals surface area contributed by atoms with Crippen molar-refractivity contribution in [3.05, 3.63) is 0 Å². The molecule has 0 fully saturated rings. The minimum atomic E-state index is -1.41. The average molecular weight is 828 g/mol. The number of halogens is 5. The summed E-state index contributed by atoms with van der Waals surface area (Å²) >= 11 is 12.6. The van der Waals surface area contributed by atoms with Crippen LogP contribution in [-0.2, 0) is -3.26 Å². The van der Waals surface area contributed by atoms with Crippen molar-refractivity contribution in [1.82, 2.24) is 0 Å². The van der Waals surface area contributed by atoms with Crippen molar-refractivity contribution in [3.8, 4) is 0 Å². The molecule has 7 heteroatoms. The zero-order chi connectivity index (χ0) is 5.45. The van der Waals surface area contributed by atoms with Gasteiger partial charge in [0.05, 0.1) is 0 Å². The van der Waals surface area contributed by atoms with Crippen LogP contribution in [-0.4, -0.2) is 58.2 Å². The standard InChI is InChI=1S/Ag.5HI.Rb/h;5*1H;/q+5;;;;;;/p-5. The van der Waals surface area contributed by atoms with E-state index < -0.39 is -3.26 Å². The van der Waals surface area contributed by atoms with E-state index in [1.807, 2.05) is 0 Å². The molecule has 7 heavy (non-hydrogen) atoms. The minimum Gasteiger partial charge on any atom is 0 e. The Hall–Kier alpha value is 6.20. The second kappa shape index (κ2) is 5.83. The van der Waals surface area contributed by atoms with Crippen molar-refractivity contribution in [1.29, 1.82) is 0 Å². The minimum absolute atomic E-state index is 0. The van der Waals surface area contributed by atoms with Gasteiger partial charge in [-0.1, -0.05) is 0 Å². The normalized spacial score (nSPS) is 16.4. The molecule has 0 nitrogen and oxygen atoms in total. The van der Waals surface area contributed by atoms with Crippen molar-refractivity contribution in [2.75, 3.05) is 0 Å². The third-order valence-electron chi connectivity index (χ3n) is 0. The predicted molar refractivity (Wildman–Crippen MR) is 75.9 cm³/mol. The molecule has 0 amide bonds. The summed E-state index contributed by atoms with van der Waals surface area (Å²) in [5, 5.41) is 0. The van der Waals surface area contributed by atoms with Crippen molar-refractivity contribution >= 4 is 153 Å². The van der Waals surface area contributed by atoms with E-state index in [2.05, 4.69) is 95.1 Å².